The Morgan fingerprint density at radius 1 is 1.20 bits per heavy atom. The topological polar surface area (TPSA) is 66.4 Å². The molecule has 1 aromatic rings. The number of carbonyl (C=O) groups is 2. The van der Waals surface area contributed by atoms with Crippen molar-refractivity contribution in [1.29, 1.82) is 0 Å². The summed E-state index contributed by atoms with van der Waals surface area (Å²) < 4.78 is 25.7. The second-order valence-corrected chi connectivity index (χ2v) is 5.01. The number of hydrogen-bond acceptors (Lipinski definition) is 2. The summed E-state index contributed by atoms with van der Waals surface area (Å²) in [6.45, 7) is 0.101. The molecule has 0 radical (unpaired) electrons. The van der Waals surface area contributed by atoms with Crippen molar-refractivity contribution in [2.24, 2.45) is 11.8 Å². The van der Waals surface area contributed by atoms with Gasteiger partial charge in [-0.1, -0.05) is 6.07 Å². The monoisotopic (exact) mass is 283 g/mol. The Morgan fingerprint density at radius 3 is 2.50 bits per heavy atom. The summed E-state index contributed by atoms with van der Waals surface area (Å²) in [5, 5.41) is 11.5. The molecular weight excluding hydrogens is 268 g/mol. The fraction of sp³-hybridized carbons (Fsp3) is 0.429. The summed E-state index contributed by atoms with van der Waals surface area (Å²) in [5.41, 5.74) is 0.463. The first-order valence-corrected chi connectivity index (χ1v) is 6.42. The van der Waals surface area contributed by atoms with Gasteiger partial charge in [-0.2, -0.15) is 0 Å². The molecule has 6 heteroatoms. The van der Waals surface area contributed by atoms with Crippen LogP contribution in [0.1, 0.15) is 24.8 Å². The smallest absolute Gasteiger partial charge is 0.306 e. The van der Waals surface area contributed by atoms with Gasteiger partial charge >= 0.3 is 5.97 Å². The molecule has 1 aromatic carbocycles. The van der Waals surface area contributed by atoms with E-state index in [1.165, 1.54) is 6.07 Å². The molecular formula is C14H15F2NO3. The maximum absolute atomic E-state index is 13.0. The number of carboxylic acids is 1. The van der Waals surface area contributed by atoms with Crippen molar-refractivity contribution in [3.63, 3.8) is 0 Å². The van der Waals surface area contributed by atoms with E-state index >= 15 is 0 Å². The van der Waals surface area contributed by atoms with E-state index in [9.17, 15) is 18.4 Å². The molecule has 2 rings (SSSR count). The van der Waals surface area contributed by atoms with Crippen LogP contribution >= 0.6 is 0 Å². The van der Waals surface area contributed by atoms with Crippen molar-refractivity contribution in [1.82, 2.24) is 5.32 Å². The maximum Gasteiger partial charge on any atom is 0.306 e. The minimum atomic E-state index is -0.955. The van der Waals surface area contributed by atoms with Crippen LogP contribution in [0.2, 0.25) is 0 Å². The lowest BCUT2D eigenvalue weighted by Gasteiger charge is -2.11. The first-order chi connectivity index (χ1) is 9.47. The highest BCUT2D eigenvalue weighted by molar-refractivity contribution is 5.80. The number of carbonyl (C=O) groups excluding carboxylic acids is 1. The molecule has 0 heterocycles. The highest BCUT2D eigenvalue weighted by Crippen LogP contribution is 2.31. The van der Waals surface area contributed by atoms with Gasteiger partial charge in [0.2, 0.25) is 5.91 Å². The molecule has 1 aliphatic carbocycles. The zero-order chi connectivity index (χ0) is 14.7. The molecule has 1 amide bonds. The zero-order valence-corrected chi connectivity index (χ0v) is 10.7. The van der Waals surface area contributed by atoms with Gasteiger partial charge < -0.3 is 10.4 Å². The Hall–Kier alpha value is -1.98. The Bertz CT molecular complexity index is 533. The summed E-state index contributed by atoms with van der Waals surface area (Å²) in [7, 11) is 0. The van der Waals surface area contributed by atoms with E-state index in [4.69, 9.17) is 5.11 Å². The number of amides is 1. The zero-order valence-electron chi connectivity index (χ0n) is 10.7. The fourth-order valence-electron chi connectivity index (χ4n) is 2.43. The van der Waals surface area contributed by atoms with Gasteiger partial charge in [-0.15, -0.1) is 0 Å². The van der Waals surface area contributed by atoms with Gasteiger partial charge in [0.25, 0.3) is 0 Å². The van der Waals surface area contributed by atoms with Gasteiger partial charge in [-0.3, -0.25) is 9.59 Å². The lowest BCUT2D eigenvalue weighted by molar-refractivity contribution is -0.141. The molecule has 0 aromatic heterocycles. The van der Waals surface area contributed by atoms with Crippen LogP contribution in [0.5, 0.6) is 0 Å². The average molecular weight is 283 g/mol. The van der Waals surface area contributed by atoms with Gasteiger partial charge in [0.15, 0.2) is 11.6 Å². The van der Waals surface area contributed by atoms with Crippen LogP contribution in [0, 0.1) is 23.5 Å². The van der Waals surface area contributed by atoms with Crippen LogP contribution < -0.4 is 5.32 Å². The van der Waals surface area contributed by atoms with E-state index in [2.05, 4.69) is 5.32 Å². The Morgan fingerprint density at radius 2 is 1.90 bits per heavy atom. The first-order valence-electron chi connectivity index (χ1n) is 6.42. The molecule has 0 saturated heterocycles. The van der Waals surface area contributed by atoms with Crippen molar-refractivity contribution >= 4 is 11.9 Å². The quantitative estimate of drug-likeness (QED) is 0.889. The normalized spacial score (nSPS) is 21.7. The molecule has 4 nitrogen and oxygen atoms in total. The second-order valence-electron chi connectivity index (χ2n) is 5.01. The average Bonchev–Trinajstić information content (AvgIpc) is 2.89. The van der Waals surface area contributed by atoms with E-state index < -0.39 is 23.5 Å². The predicted molar refractivity (Wildman–Crippen MR) is 66.7 cm³/mol. The number of carboxylic acid groups (broad SMARTS) is 1. The number of hydrogen-bond donors (Lipinski definition) is 2. The van der Waals surface area contributed by atoms with E-state index in [-0.39, 0.29) is 18.4 Å². The molecule has 0 bridgehead atoms. The van der Waals surface area contributed by atoms with Crippen molar-refractivity contribution in [3.05, 3.63) is 35.4 Å². The van der Waals surface area contributed by atoms with Crippen molar-refractivity contribution in [2.75, 3.05) is 0 Å². The number of halogens is 2. The minimum absolute atomic E-state index is 0.101. The Balaban J connectivity index is 1.86. The number of aliphatic carboxylic acids is 1. The molecule has 0 spiro atoms. The lowest BCUT2D eigenvalue weighted by atomic mass is 10.0. The molecule has 0 unspecified atom stereocenters. The third kappa shape index (κ3) is 3.31. The summed E-state index contributed by atoms with van der Waals surface area (Å²) in [4.78, 5) is 22.7. The van der Waals surface area contributed by atoms with Crippen LogP contribution in [0.25, 0.3) is 0 Å². The largest absolute Gasteiger partial charge is 0.481 e. The van der Waals surface area contributed by atoms with E-state index in [1.54, 1.807) is 0 Å². The van der Waals surface area contributed by atoms with Crippen molar-refractivity contribution in [2.45, 2.75) is 25.8 Å². The first kappa shape index (κ1) is 14.4. The van der Waals surface area contributed by atoms with Crippen LogP contribution in [-0.4, -0.2) is 17.0 Å². The summed E-state index contributed by atoms with van der Waals surface area (Å²) in [6.07, 6.45) is 1.37. The molecule has 1 fully saturated rings. The van der Waals surface area contributed by atoms with Crippen molar-refractivity contribution in [3.8, 4) is 0 Å². The van der Waals surface area contributed by atoms with E-state index in [0.717, 1.165) is 12.1 Å². The third-order valence-corrected chi connectivity index (χ3v) is 3.60. The summed E-state index contributed by atoms with van der Waals surface area (Å²) >= 11 is 0. The van der Waals surface area contributed by atoms with Crippen LogP contribution in [-0.2, 0) is 16.1 Å². The van der Waals surface area contributed by atoms with Crippen molar-refractivity contribution < 1.29 is 23.5 Å². The molecule has 0 aliphatic heterocycles. The minimum Gasteiger partial charge on any atom is -0.481 e. The van der Waals surface area contributed by atoms with E-state index in [0.29, 0.717) is 24.8 Å². The molecule has 1 aliphatic rings. The summed E-state index contributed by atoms with van der Waals surface area (Å²) in [6, 6.07) is 3.44. The van der Waals surface area contributed by atoms with Gasteiger partial charge in [0, 0.05) is 12.5 Å². The number of nitrogens with one attached hydrogen (secondary N) is 1. The van der Waals surface area contributed by atoms with Gasteiger partial charge in [0.05, 0.1) is 5.92 Å². The third-order valence-electron chi connectivity index (χ3n) is 3.60. The SMILES string of the molecule is O=C(O)[C@H]1CC[C@@H](C(=O)NCc2ccc(F)c(F)c2)C1. The lowest BCUT2D eigenvalue weighted by Crippen LogP contribution is -2.29. The predicted octanol–water partition coefficient (Wildman–Crippen LogP) is 2.08. The maximum atomic E-state index is 13.0. The van der Waals surface area contributed by atoms with E-state index in [1.807, 2.05) is 0 Å². The molecule has 2 atom stereocenters. The highest BCUT2D eigenvalue weighted by atomic mass is 19.2. The highest BCUT2D eigenvalue weighted by Gasteiger charge is 2.33. The Labute approximate surface area is 114 Å². The number of benzene rings is 1. The van der Waals surface area contributed by atoms with Crippen LogP contribution in [0.15, 0.2) is 18.2 Å². The van der Waals surface area contributed by atoms with Gasteiger partial charge in [0.1, 0.15) is 0 Å². The molecule has 1 saturated carbocycles. The second kappa shape index (κ2) is 5.98. The van der Waals surface area contributed by atoms with Crippen LogP contribution in [0.4, 0.5) is 8.78 Å². The van der Waals surface area contributed by atoms with Crippen LogP contribution in [0.3, 0.4) is 0 Å². The molecule has 20 heavy (non-hydrogen) atoms. The molecule has 2 N–H and O–H groups in total. The van der Waals surface area contributed by atoms with Gasteiger partial charge in [-0.05, 0) is 37.0 Å². The molecule has 108 valence electrons. The van der Waals surface area contributed by atoms with Gasteiger partial charge in [-0.25, -0.2) is 8.78 Å². The fourth-order valence-corrected chi connectivity index (χ4v) is 2.43. The summed E-state index contributed by atoms with van der Waals surface area (Å²) in [5.74, 6) is -3.78. The number of rotatable bonds is 4. The standard InChI is InChI=1S/C14H15F2NO3/c15-11-4-1-8(5-12(11)16)7-17-13(18)9-2-3-10(6-9)14(19)20/h1,4-5,9-10H,2-3,6-7H2,(H,17,18)(H,19,20)/t9-,10+/m1/s1. The Kier molecular flexibility index (Phi) is 4.32.